The van der Waals surface area contributed by atoms with Gasteiger partial charge in [-0.05, 0) is 60.4 Å². The average molecular weight is 432 g/mol. The van der Waals surface area contributed by atoms with Crippen LogP contribution >= 0.6 is 0 Å². The molecule has 4 rings (SSSR count). The first-order chi connectivity index (χ1) is 15.5. The van der Waals surface area contributed by atoms with Gasteiger partial charge in [0.15, 0.2) is 0 Å². The van der Waals surface area contributed by atoms with E-state index in [-0.39, 0.29) is 5.92 Å². The standard InChI is InChI=1S/C28H33NO3/c1-19(2)16-23-17-22(27(28(30)31)21-9-4-3-5-10-21)13-15-26(23)32-18-24-14-12-20-8-6-7-11-25(20)29-24/h6-8,11-15,17,19,21,27H,3-5,9-10,16,18H2,1-2H3,(H,30,31). The van der Waals surface area contributed by atoms with Crippen LogP contribution < -0.4 is 4.74 Å². The maximum absolute atomic E-state index is 12.2. The second kappa shape index (κ2) is 10.2. The van der Waals surface area contributed by atoms with Crippen LogP contribution in [0.15, 0.2) is 54.6 Å². The van der Waals surface area contributed by atoms with Gasteiger partial charge in [-0.2, -0.15) is 0 Å². The topological polar surface area (TPSA) is 59.4 Å². The number of pyridine rings is 1. The lowest BCUT2D eigenvalue weighted by atomic mass is 9.76. The summed E-state index contributed by atoms with van der Waals surface area (Å²) in [7, 11) is 0. The van der Waals surface area contributed by atoms with Crippen molar-refractivity contribution >= 4 is 16.9 Å². The Morgan fingerprint density at radius 2 is 1.84 bits per heavy atom. The Morgan fingerprint density at radius 3 is 2.59 bits per heavy atom. The first kappa shape index (κ1) is 22.3. The van der Waals surface area contributed by atoms with Crippen molar-refractivity contribution in [1.29, 1.82) is 0 Å². The number of carbonyl (C=O) groups is 1. The van der Waals surface area contributed by atoms with E-state index in [0.29, 0.717) is 12.5 Å². The van der Waals surface area contributed by atoms with Crippen LogP contribution in [0.5, 0.6) is 5.75 Å². The molecule has 1 aliphatic carbocycles. The number of para-hydroxylation sites is 1. The Labute approximate surface area is 190 Å². The fraction of sp³-hybridized carbons (Fsp3) is 0.429. The van der Waals surface area contributed by atoms with Gasteiger partial charge in [-0.1, -0.05) is 69.5 Å². The summed E-state index contributed by atoms with van der Waals surface area (Å²) in [5.41, 5.74) is 3.84. The Kier molecular flexibility index (Phi) is 7.09. The third-order valence-corrected chi connectivity index (χ3v) is 6.49. The first-order valence-corrected chi connectivity index (χ1v) is 11.8. The molecule has 0 saturated heterocycles. The van der Waals surface area contributed by atoms with Gasteiger partial charge in [0, 0.05) is 5.39 Å². The molecule has 0 radical (unpaired) electrons. The molecule has 0 bridgehead atoms. The van der Waals surface area contributed by atoms with Crippen molar-refractivity contribution in [3.05, 3.63) is 71.4 Å². The van der Waals surface area contributed by atoms with Gasteiger partial charge in [0.05, 0.1) is 17.1 Å². The van der Waals surface area contributed by atoms with Gasteiger partial charge in [0.2, 0.25) is 0 Å². The monoisotopic (exact) mass is 431 g/mol. The largest absolute Gasteiger partial charge is 0.487 e. The second-order valence-electron chi connectivity index (χ2n) is 9.46. The molecule has 0 aliphatic heterocycles. The quantitative estimate of drug-likeness (QED) is 0.428. The molecule has 0 spiro atoms. The summed E-state index contributed by atoms with van der Waals surface area (Å²) in [6, 6.07) is 18.1. The smallest absolute Gasteiger partial charge is 0.311 e. The Morgan fingerprint density at radius 1 is 1.06 bits per heavy atom. The first-order valence-electron chi connectivity index (χ1n) is 11.8. The van der Waals surface area contributed by atoms with E-state index < -0.39 is 11.9 Å². The highest BCUT2D eigenvalue weighted by Gasteiger charge is 2.31. The third-order valence-electron chi connectivity index (χ3n) is 6.49. The van der Waals surface area contributed by atoms with Gasteiger partial charge in [0.25, 0.3) is 0 Å². The molecular weight excluding hydrogens is 398 g/mol. The fourth-order valence-electron chi connectivity index (χ4n) is 4.96. The number of benzene rings is 2. The van der Waals surface area contributed by atoms with Gasteiger partial charge >= 0.3 is 5.97 Å². The van der Waals surface area contributed by atoms with Crippen LogP contribution in [-0.4, -0.2) is 16.1 Å². The lowest BCUT2D eigenvalue weighted by Crippen LogP contribution is -2.24. The Balaban J connectivity index is 1.57. The molecule has 1 heterocycles. The summed E-state index contributed by atoms with van der Waals surface area (Å²) in [4.78, 5) is 16.9. The van der Waals surface area contributed by atoms with E-state index in [1.807, 2.05) is 36.4 Å². The highest BCUT2D eigenvalue weighted by atomic mass is 16.5. The van der Waals surface area contributed by atoms with Crippen LogP contribution in [0.3, 0.4) is 0 Å². The Hall–Kier alpha value is -2.88. The molecular formula is C28H33NO3. The molecule has 3 aromatic rings. The normalized spacial score (nSPS) is 15.7. The molecule has 1 unspecified atom stereocenters. The van der Waals surface area contributed by atoms with Gasteiger partial charge in [-0.15, -0.1) is 0 Å². The molecule has 168 valence electrons. The zero-order valence-corrected chi connectivity index (χ0v) is 19.1. The van der Waals surface area contributed by atoms with E-state index in [1.54, 1.807) is 0 Å². The number of ether oxygens (including phenoxy) is 1. The number of nitrogens with zero attached hydrogens (tertiary/aromatic N) is 1. The van der Waals surface area contributed by atoms with Crippen molar-refractivity contribution in [1.82, 2.24) is 4.98 Å². The third kappa shape index (κ3) is 5.29. The minimum absolute atomic E-state index is 0.224. The lowest BCUT2D eigenvalue weighted by Gasteiger charge is -2.28. The second-order valence-corrected chi connectivity index (χ2v) is 9.46. The van der Waals surface area contributed by atoms with Gasteiger partial charge in [-0.3, -0.25) is 4.79 Å². The number of carboxylic acid groups (broad SMARTS) is 1. The average Bonchev–Trinajstić information content (AvgIpc) is 2.78. The van der Waals surface area contributed by atoms with Crippen LogP contribution in [0.4, 0.5) is 0 Å². The van der Waals surface area contributed by atoms with E-state index in [0.717, 1.165) is 65.6 Å². The van der Waals surface area contributed by atoms with Gasteiger partial charge < -0.3 is 9.84 Å². The van der Waals surface area contributed by atoms with E-state index in [1.165, 1.54) is 6.42 Å². The van der Waals surface area contributed by atoms with Crippen molar-refractivity contribution in [2.24, 2.45) is 11.8 Å². The van der Waals surface area contributed by atoms with Crippen LogP contribution in [0.2, 0.25) is 0 Å². The van der Waals surface area contributed by atoms with E-state index >= 15 is 0 Å². The van der Waals surface area contributed by atoms with Crippen molar-refractivity contribution in [3.8, 4) is 5.75 Å². The summed E-state index contributed by atoms with van der Waals surface area (Å²) in [6.07, 6.45) is 6.34. The zero-order chi connectivity index (χ0) is 22.5. The van der Waals surface area contributed by atoms with Crippen LogP contribution in [0.1, 0.15) is 68.7 Å². The molecule has 0 amide bonds. The summed E-state index contributed by atoms with van der Waals surface area (Å²) >= 11 is 0. The molecule has 4 heteroatoms. The number of fused-ring (bicyclic) bond motifs is 1. The highest BCUT2D eigenvalue weighted by Crippen LogP contribution is 2.38. The van der Waals surface area contributed by atoms with Crippen molar-refractivity contribution in [2.45, 2.75) is 64.9 Å². The van der Waals surface area contributed by atoms with Gasteiger partial charge in [-0.25, -0.2) is 4.98 Å². The summed E-state index contributed by atoms with van der Waals surface area (Å²) in [6.45, 7) is 4.74. The summed E-state index contributed by atoms with van der Waals surface area (Å²) < 4.78 is 6.20. The number of carboxylic acids is 1. The van der Waals surface area contributed by atoms with Crippen molar-refractivity contribution in [3.63, 3.8) is 0 Å². The minimum atomic E-state index is -0.707. The predicted molar refractivity (Wildman–Crippen MR) is 128 cm³/mol. The number of hydrogen-bond donors (Lipinski definition) is 1. The fourth-order valence-corrected chi connectivity index (χ4v) is 4.96. The van der Waals surface area contributed by atoms with E-state index in [2.05, 4.69) is 32.0 Å². The maximum Gasteiger partial charge on any atom is 0.311 e. The number of rotatable bonds is 8. The van der Waals surface area contributed by atoms with Crippen LogP contribution in [0.25, 0.3) is 10.9 Å². The van der Waals surface area contributed by atoms with E-state index in [4.69, 9.17) is 9.72 Å². The van der Waals surface area contributed by atoms with Gasteiger partial charge in [0.1, 0.15) is 12.4 Å². The molecule has 1 N–H and O–H groups in total. The van der Waals surface area contributed by atoms with Crippen molar-refractivity contribution in [2.75, 3.05) is 0 Å². The zero-order valence-electron chi connectivity index (χ0n) is 19.1. The maximum atomic E-state index is 12.2. The summed E-state index contributed by atoms with van der Waals surface area (Å²) in [5.74, 6) is 0.357. The molecule has 1 fully saturated rings. The lowest BCUT2D eigenvalue weighted by molar-refractivity contribution is -0.140. The molecule has 1 aromatic heterocycles. The SMILES string of the molecule is CC(C)Cc1cc(C(C(=O)O)C2CCCCC2)ccc1OCc1ccc2ccccc2n1. The van der Waals surface area contributed by atoms with Crippen LogP contribution in [0, 0.1) is 11.8 Å². The molecule has 1 saturated carbocycles. The highest BCUT2D eigenvalue weighted by molar-refractivity contribution is 5.78. The molecule has 4 nitrogen and oxygen atoms in total. The van der Waals surface area contributed by atoms with Crippen LogP contribution in [-0.2, 0) is 17.8 Å². The molecule has 1 aliphatic rings. The molecule has 1 atom stereocenters. The minimum Gasteiger partial charge on any atom is -0.487 e. The molecule has 2 aromatic carbocycles. The predicted octanol–water partition coefficient (Wildman–Crippen LogP) is 6.76. The Bertz CT molecular complexity index is 1070. The van der Waals surface area contributed by atoms with Crippen molar-refractivity contribution < 1.29 is 14.6 Å². The van der Waals surface area contributed by atoms with E-state index in [9.17, 15) is 9.90 Å². The number of hydrogen-bond acceptors (Lipinski definition) is 3. The molecule has 32 heavy (non-hydrogen) atoms. The number of aliphatic carboxylic acids is 1. The summed E-state index contributed by atoms with van der Waals surface area (Å²) in [5, 5.41) is 11.1. The number of aromatic nitrogens is 1.